The number of hydrogen-bond acceptors (Lipinski definition) is 4. The minimum Gasteiger partial charge on any atom is -0.452 e. The Morgan fingerprint density at radius 2 is 1.64 bits per heavy atom. The van der Waals surface area contributed by atoms with Crippen molar-refractivity contribution < 1.29 is 23.5 Å². The fourth-order valence-corrected chi connectivity index (χ4v) is 3.99. The summed E-state index contributed by atoms with van der Waals surface area (Å²) in [5, 5.41) is 4.75. The van der Waals surface area contributed by atoms with Crippen molar-refractivity contribution >= 4 is 34.2 Å². The number of carbonyl (C=O) groups excluding carboxylic acids is 3. The number of hydrogen-bond donors (Lipinski definition) is 1. The summed E-state index contributed by atoms with van der Waals surface area (Å²) >= 11 is 0. The van der Waals surface area contributed by atoms with Gasteiger partial charge >= 0.3 is 5.97 Å². The van der Waals surface area contributed by atoms with E-state index in [-0.39, 0.29) is 11.8 Å². The largest absolute Gasteiger partial charge is 0.452 e. The van der Waals surface area contributed by atoms with Gasteiger partial charge in [-0.25, -0.2) is 4.39 Å². The molecule has 3 aromatic rings. The summed E-state index contributed by atoms with van der Waals surface area (Å²) in [6.45, 7) is 2.34. The molecule has 0 bridgehead atoms. The molecule has 33 heavy (non-hydrogen) atoms. The Labute approximate surface area is 191 Å². The Morgan fingerprint density at radius 3 is 2.36 bits per heavy atom. The molecule has 1 unspecified atom stereocenters. The van der Waals surface area contributed by atoms with Crippen molar-refractivity contribution in [3.8, 4) is 0 Å². The molecule has 0 radical (unpaired) electrons. The first kappa shape index (κ1) is 22.5. The highest BCUT2D eigenvalue weighted by Crippen LogP contribution is 2.24. The first-order valence-electron chi connectivity index (χ1n) is 11.0. The maximum Gasteiger partial charge on any atom is 0.309 e. The third kappa shape index (κ3) is 5.19. The lowest BCUT2D eigenvalue weighted by Crippen LogP contribution is -2.41. The molecule has 3 aromatic carbocycles. The Bertz CT molecular complexity index is 1170. The van der Waals surface area contributed by atoms with Crippen molar-refractivity contribution in [1.82, 2.24) is 4.90 Å². The topological polar surface area (TPSA) is 75.7 Å². The molecule has 7 heteroatoms. The Hall–Kier alpha value is -3.74. The van der Waals surface area contributed by atoms with Gasteiger partial charge in [-0.05, 0) is 55.5 Å². The average Bonchev–Trinajstić information content (AvgIpc) is 2.84. The van der Waals surface area contributed by atoms with Crippen LogP contribution in [-0.2, 0) is 14.3 Å². The number of amides is 2. The van der Waals surface area contributed by atoms with E-state index in [1.165, 1.54) is 24.3 Å². The number of nitrogens with zero attached hydrogens (tertiary/aromatic N) is 1. The smallest absolute Gasteiger partial charge is 0.309 e. The van der Waals surface area contributed by atoms with Crippen molar-refractivity contribution in [1.29, 1.82) is 0 Å². The Balaban J connectivity index is 1.30. The van der Waals surface area contributed by atoms with E-state index in [4.69, 9.17) is 4.74 Å². The van der Waals surface area contributed by atoms with E-state index in [1.54, 1.807) is 11.8 Å². The fourth-order valence-electron chi connectivity index (χ4n) is 3.99. The van der Waals surface area contributed by atoms with Crippen LogP contribution in [0.25, 0.3) is 10.8 Å². The third-order valence-electron chi connectivity index (χ3n) is 5.92. The number of carbonyl (C=O) groups is 3. The minimum atomic E-state index is -0.949. The molecule has 170 valence electrons. The summed E-state index contributed by atoms with van der Waals surface area (Å²) in [7, 11) is 0. The average molecular weight is 448 g/mol. The lowest BCUT2D eigenvalue weighted by molar-refractivity contribution is -0.158. The summed E-state index contributed by atoms with van der Waals surface area (Å²) in [6.07, 6.45) is -0.0531. The molecule has 1 aliphatic heterocycles. The van der Waals surface area contributed by atoms with Crippen LogP contribution in [0.2, 0.25) is 0 Å². The Morgan fingerprint density at radius 1 is 0.970 bits per heavy atom. The summed E-state index contributed by atoms with van der Waals surface area (Å²) in [5.74, 6) is -1.81. The van der Waals surface area contributed by atoms with E-state index in [1.807, 2.05) is 42.5 Å². The molecule has 0 saturated carbocycles. The van der Waals surface area contributed by atoms with E-state index in [0.717, 1.165) is 10.8 Å². The van der Waals surface area contributed by atoms with E-state index in [2.05, 4.69) is 5.32 Å². The highest BCUT2D eigenvalue weighted by Gasteiger charge is 2.31. The zero-order chi connectivity index (χ0) is 23.4. The number of ether oxygens (including phenoxy) is 1. The molecule has 2 amide bonds. The fraction of sp³-hybridized carbons (Fsp3) is 0.269. The highest BCUT2D eigenvalue weighted by atomic mass is 19.1. The lowest BCUT2D eigenvalue weighted by Gasteiger charge is -2.31. The van der Waals surface area contributed by atoms with Gasteiger partial charge in [-0.15, -0.1) is 0 Å². The Kier molecular flexibility index (Phi) is 6.68. The highest BCUT2D eigenvalue weighted by molar-refractivity contribution is 6.03. The predicted octanol–water partition coefficient (Wildman–Crippen LogP) is 4.40. The van der Waals surface area contributed by atoms with Crippen molar-refractivity contribution in [2.24, 2.45) is 5.92 Å². The van der Waals surface area contributed by atoms with Gasteiger partial charge in [-0.1, -0.05) is 36.4 Å². The van der Waals surface area contributed by atoms with E-state index in [0.29, 0.717) is 37.2 Å². The summed E-state index contributed by atoms with van der Waals surface area (Å²) in [5.41, 5.74) is 1.07. The molecule has 4 rings (SSSR count). The SMILES string of the molecule is CC(OC(=O)C1CCN(C(=O)c2ccc(F)cc2)CC1)C(=O)Nc1cccc2ccccc12. The number of benzene rings is 3. The number of halogens is 1. The predicted molar refractivity (Wildman–Crippen MR) is 123 cm³/mol. The van der Waals surface area contributed by atoms with Crippen LogP contribution in [0.15, 0.2) is 66.7 Å². The lowest BCUT2D eigenvalue weighted by atomic mass is 9.96. The molecule has 6 nitrogen and oxygen atoms in total. The van der Waals surface area contributed by atoms with E-state index < -0.39 is 23.8 Å². The number of likely N-dealkylation sites (tertiary alicyclic amines) is 1. The maximum absolute atomic E-state index is 13.1. The van der Waals surface area contributed by atoms with E-state index >= 15 is 0 Å². The summed E-state index contributed by atoms with van der Waals surface area (Å²) < 4.78 is 18.5. The molecular weight excluding hydrogens is 423 g/mol. The first-order chi connectivity index (χ1) is 15.9. The molecule has 0 spiro atoms. The molecule has 0 aliphatic carbocycles. The van der Waals surface area contributed by atoms with Gasteiger partial charge in [0.05, 0.1) is 5.92 Å². The standard InChI is InChI=1S/C26H25FN2O4/c1-17(24(30)28-23-8-4-6-18-5-2-3-7-22(18)23)33-26(32)20-13-15-29(16-14-20)25(31)19-9-11-21(27)12-10-19/h2-12,17,20H,13-16H2,1H3,(H,28,30). The number of anilines is 1. The van der Waals surface area contributed by atoms with Gasteiger partial charge in [-0.3, -0.25) is 14.4 Å². The molecule has 1 saturated heterocycles. The molecular formula is C26H25FN2O4. The van der Waals surface area contributed by atoms with Crippen LogP contribution in [0, 0.1) is 11.7 Å². The quantitative estimate of drug-likeness (QED) is 0.587. The van der Waals surface area contributed by atoms with Crippen molar-refractivity contribution in [2.45, 2.75) is 25.9 Å². The van der Waals surface area contributed by atoms with Gasteiger partial charge in [-0.2, -0.15) is 0 Å². The number of esters is 1. The van der Waals surface area contributed by atoms with Crippen LogP contribution >= 0.6 is 0 Å². The van der Waals surface area contributed by atoms with Crippen LogP contribution < -0.4 is 5.32 Å². The molecule has 1 heterocycles. The monoisotopic (exact) mass is 448 g/mol. The van der Waals surface area contributed by atoms with Gasteiger partial charge in [0.25, 0.3) is 11.8 Å². The maximum atomic E-state index is 13.1. The van der Waals surface area contributed by atoms with Gasteiger partial charge in [0.2, 0.25) is 0 Å². The van der Waals surface area contributed by atoms with Gasteiger partial charge < -0.3 is 15.0 Å². The first-order valence-corrected chi connectivity index (χ1v) is 11.0. The van der Waals surface area contributed by atoms with Crippen LogP contribution in [-0.4, -0.2) is 41.9 Å². The van der Waals surface area contributed by atoms with Crippen LogP contribution in [0.5, 0.6) is 0 Å². The molecule has 1 fully saturated rings. The molecule has 1 N–H and O–H groups in total. The van der Waals surface area contributed by atoms with E-state index in [9.17, 15) is 18.8 Å². The normalized spacial score (nSPS) is 15.2. The molecule has 1 aliphatic rings. The van der Waals surface area contributed by atoms with Crippen LogP contribution in [0.1, 0.15) is 30.1 Å². The zero-order valence-electron chi connectivity index (χ0n) is 18.3. The number of nitrogens with one attached hydrogen (secondary N) is 1. The number of rotatable bonds is 5. The number of piperidine rings is 1. The second-order valence-corrected chi connectivity index (χ2v) is 8.17. The van der Waals surface area contributed by atoms with Gasteiger partial charge in [0.1, 0.15) is 5.82 Å². The van der Waals surface area contributed by atoms with Crippen molar-refractivity contribution in [2.75, 3.05) is 18.4 Å². The minimum absolute atomic E-state index is 0.190. The van der Waals surface area contributed by atoms with Crippen molar-refractivity contribution in [3.05, 3.63) is 78.1 Å². The zero-order valence-corrected chi connectivity index (χ0v) is 18.3. The van der Waals surface area contributed by atoms with Crippen LogP contribution in [0.3, 0.4) is 0 Å². The van der Waals surface area contributed by atoms with Crippen LogP contribution in [0.4, 0.5) is 10.1 Å². The van der Waals surface area contributed by atoms with Gasteiger partial charge in [0, 0.05) is 29.7 Å². The molecule has 1 atom stereocenters. The van der Waals surface area contributed by atoms with Crippen molar-refractivity contribution in [3.63, 3.8) is 0 Å². The summed E-state index contributed by atoms with van der Waals surface area (Å²) in [6, 6.07) is 18.7. The second kappa shape index (κ2) is 9.81. The third-order valence-corrected chi connectivity index (χ3v) is 5.92. The second-order valence-electron chi connectivity index (χ2n) is 8.17. The van der Waals surface area contributed by atoms with Gasteiger partial charge in [0.15, 0.2) is 6.10 Å². The summed E-state index contributed by atoms with van der Waals surface area (Å²) in [4.78, 5) is 39.4. The number of fused-ring (bicyclic) bond motifs is 1. The molecule has 0 aromatic heterocycles.